The van der Waals surface area contributed by atoms with E-state index in [0.29, 0.717) is 12.1 Å². The first-order valence-corrected chi connectivity index (χ1v) is 5.81. The van der Waals surface area contributed by atoms with E-state index in [-0.39, 0.29) is 25.3 Å². The Morgan fingerprint density at radius 1 is 1.53 bits per heavy atom. The third kappa shape index (κ3) is 1.98. The van der Waals surface area contributed by atoms with Crippen LogP contribution in [0.4, 0.5) is 0 Å². The number of hydrazone groups is 1. The molecular formula is C13H14N2O3V. The van der Waals surface area contributed by atoms with Crippen LogP contribution in [-0.4, -0.2) is 31.1 Å². The van der Waals surface area contributed by atoms with Crippen molar-refractivity contribution < 1.29 is 32.8 Å². The fraction of sp³-hybridized carbons (Fsp3) is 0.385. The van der Waals surface area contributed by atoms with Gasteiger partial charge < -0.3 is 9.47 Å². The molecule has 0 aromatic heterocycles. The van der Waals surface area contributed by atoms with Crippen LogP contribution in [0.3, 0.4) is 0 Å². The van der Waals surface area contributed by atoms with Crippen molar-refractivity contribution in [2.75, 3.05) is 13.8 Å². The van der Waals surface area contributed by atoms with Crippen molar-refractivity contribution in [3.05, 3.63) is 34.9 Å². The van der Waals surface area contributed by atoms with Crippen molar-refractivity contribution in [1.29, 1.82) is 0 Å². The van der Waals surface area contributed by atoms with Crippen LogP contribution in [0.25, 0.3) is 0 Å². The molecule has 1 N–H and O–H groups in total. The molecular weight excluding hydrogens is 283 g/mol. The fourth-order valence-corrected chi connectivity index (χ4v) is 2.60. The topological polar surface area (TPSA) is 59.9 Å². The number of esters is 1. The molecule has 1 aliphatic heterocycles. The molecule has 1 heterocycles. The van der Waals surface area contributed by atoms with E-state index in [1.165, 1.54) is 7.11 Å². The summed E-state index contributed by atoms with van der Waals surface area (Å²) in [7, 11) is 1.37. The van der Waals surface area contributed by atoms with Crippen molar-refractivity contribution in [2.45, 2.75) is 18.9 Å². The monoisotopic (exact) mass is 297 g/mol. The summed E-state index contributed by atoms with van der Waals surface area (Å²) >= 11 is 0. The molecule has 99 valence electrons. The molecule has 0 bridgehead atoms. The number of benzene rings is 1. The molecule has 1 aromatic carbocycles. The molecule has 19 heavy (non-hydrogen) atoms. The van der Waals surface area contributed by atoms with Gasteiger partial charge in [-0.2, -0.15) is 5.10 Å². The number of carbonyl (C=O) groups excluding carboxylic acids is 1. The summed E-state index contributed by atoms with van der Waals surface area (Å²) in [5.41, 5.74) is 5.50. The second-order valence-corrected chi connectivity index (χ2v) is 4.56. The Bertz CT molecular complexity index is 559. The third-order valence-electron chi connectivity index (χ3n) is 3.43. The normalized spacial score (nSPS) is 23.4. The number of aryl methyl sites for hydroxylation is 1. The summed E-state index contributed by atoms with van der Waals surface area (Å²) in [6.45, 7) is 2.24. The molecule has 3 rings (SSSR count). The Hall–Kier alpha value is -1.30. The first-order valence-electron chi connectivity index (χ1n) is 5.81. The maximum Gasteiger partial charge on any atom is 0.345 e. The Balaban J connectivity index is 0.00000133. The predicted molar refractivity (Wildman–Crippen MR) is 65.3 cm³/mol. The van der Waals surface area contributed by atoms with Crippen LogP contribution in [0.5, 0.6) is 0 Å². The summed E-state index contributed by atoms with van der Waals surface area (Å²) in [6.07, 6.45) is 0.483. The molecule has 1 atom stereocenters. The van der Waals surface area contributed by atoms with E-state index in [0.717, 1.165) is 16.7 Å². The minimum atomic E-state index is -1.07. The van der Waals surface area contributed by atoms with Crippen molar-refractivity contribution in [1.82, 2.24) is 5.43 Å². The van der Waals surface area contributed by atoms with Crippen LogP contribution in [0, 0.1) is 6.92 Å². The number of nitrogens with one attached hydrogen (secondary N) is 1. The molecule has 6 heteroatoms. The quantitative estimate of drug-likeness (QED) is 0.777. The maximum absolute atomic E-state index is 12.1. The van der Waals surface area contributed by atoms with Gasteiger partial charge in [0.2, 0.25) is 5.60 Å². The molecule has 0 saturated heterocycles. The molecule has 0 spiro atoms. The second-order valence-electron chi connectivity index (χ2n) is 4.56. The molecule has 5 nitrogen and oxygen atoms in total. The zero-order valence-corrected chi connectivity index (χ0v) is 12.2. The van der Waals surface area contributed by atoms with Gasteiger partial charge in [0.15, 0.2) is 0 Å². The zero-order chi connectivity index (χ0) is 12.8. The van der Waals surface area contributed by atoms with Crippen LogP contribution < -0.4 is 5.43 Å². The summed E-state index contributed by atoms with van der Waals surface area (Å²) < 4.78 is 10.5. The van der Waals surface area contributed by atoms with Gasteiger partial charge in [0.05, 0.1) is 7.11 Å². The summed E-state index contributed by atoms with van der Waals surface area (Å²) in [5, 5.41) is 4.24. The van der Waals surface area contributed by atoms with Gasteiger partial charge in [-0.05, 0) is 12.5 Å². The SMILES string of the molecule is COC(=O)C12Cc3cc(C)ccc3C1=NNCO2.[V]. The van der Waals surface area contributed by atoms with Crippen molar-refractivity contribution in [3.8, 4) is 0 Å². The number of ether oxygens (including phenoxy) is 2. The molecule has 0 saturated carbocycles. The van der Waals surface area contributed by atoms with Gasteiger partial charge in [-0.1, -0.05) is 23.8 Å². The number of rotatable bonds is 1. The maximum atomic E-state index is 12.1. The van der Waals surface area contributed by atoms with Crippen molar-refractivity contribution in [3.63, 3.8) is 0 Å². The largest absolute Gasteiger partial charge is 0.467 e. The first-order chi connectivity index (χ1) is 8.67. The van der Waals surface area contributed by atoms with Crippen LogP contribution >= 0.6 is 0 Å². The van der Waals surface area contributed by atoms with E-state index in [1.807, 2.05) is 19.1 Å². The summed E-state index contributed by atoms with van der Waals surface area (Å²) in [6, 6.07) is 6.04. The van der Waals surface area contributed by atoms with E-state index >= 15 is 0 Å². The van der Waals surface area contributed by atoms with Gasteiger partial charge in [-0.25, -0.2) is 4.79 Å². The third-order valence-corrected chi connectivity index (χ3v) is 3.43. The van der Waals surface area contributed by atoms with Gasteiger partial charge in [0.1, 0.15) is 12.4 Å². The number of hydrogen-bond donors (Lipinski definition) is 1. The number of fused-ring (bicyclic) bond motifs is 3. The van der Waals surface area contributed by atoms with Gasteiger partial charge in [-0.3, -0.25) is 5.43 Å². The van der Waals surface area contributed by atoms with E-state index in [4.69, 9.17) is 9.47 Å². The standard InChI is InChI=1S/C13H14N2O3.V/c1-8-3-4-10-9(5-8)6-13(12(16)17-2)11(10)15-14-7-18-13;/h3-5,14H,6-7H2,1-2H3;. The Morgan fingerprint density at radius 3 is 3.05 bits per heavy atom. The molecule has 1 aliphatic carbocycles. The minimum absolute atomic E-state index is 0. The average Bonchev–Trinajstić information content (AvgIpc) is 2.72. The predicted octanol–water partition coefficient (Wildman–Crippen LogP) is 0.742. The van der Waals surface area contributed by atoms with Gasteiger partial charge in [-0.15, -0.1) is 0 Å². The molecule has 0 amide bonds. The Kier molecular flexibility index (Phi) is 3.72. The zero-order valence-electron chi connectivity index (χ0n) is 10.8. The van der Waals surface area contributed by atoms with Gasteiger partial charge in [0, 0.05) is 30.5 Å². The Morgan fingerprint density at radius 2 is 2.32 bits per heavy atom. The molecule has 2 aliphatic rings. The van der Waals surface area contributed by atoms with Crippen molar-refractivity contribution >= 4 is 11.7 Å². The van der Waals surface area contributed by atoms with Gasteiger partial charge in [0.25, 0.3) is 0 Å². The van der Waals surface area contributed by atoms with E-state index in [2.05, 4.69) is 16.6 Å². The van der Waals surface area contributed by atoms with E-state index < -0.39 is 11.6 Å². The first kappa shape index (κ1) is 14.1. The van der Waals surface area contributed by atoms with Crippen LogP contribution in [0.1, 0.15) is 16.7 Å². The Labute approximate surface area is 123 Å². The molecule has 1 aromatic rings. The fourth-order valence-electron chi connectivity index (χ4n) is 2.60. The molecule has 1 unspecified atom stereocenters. The number of hydrogen-bond acceptors (Lipinski definition) is 5. The summed E-state index contributed by atoms with van der Waals surface area (Å²) in [5.74, 6) is -0.392. The molecule has 0 fully saturated rings. The number of methoxy groups -OCH3 is 1. The smallest absolute Gasteiger partial charge is 0.345 e. The summed E-state index contributed by atoms with van der Waals surface area (Å²) in [4.78, 5) is 12.1. The number of nitrogens with zero attached hydrogens (tertiary/aromatic N) is 1. The minimum Gasteiger partial charge on any atom is -0.467 e. The van der Waals surface area contributed by atoms with Gasteiger partial charge >= 0.3 is 5.97 Å². The van der Waals surface area contributed by atoms with Crippen LogP contribution in [0.15, 0.2) is 23.3 Å². The van der Waals surface area contributed by atoms with E-state index in [9.17, 15) is 4.79 Å². The van der Waals surface area contributed by atoms with E-state index in [1.54, 1.807) is 0 Å². The molecule has 1 radical (unpaired) electrons. The van der Waals surface area contributed by atoms with Crippen LogP contribution in [0.2, 0.25) is 0 Å². The van der Waals surface area contributed by atoms with Crippen molar-refractivity contribution in [2.24, 2.45) is 5.10 Å². The number of carbonyl (C=O) groups is 1. The van der Waals surface area contributed by atoms with Crippen LogP contribution in [-0.2, 0) is 39.2 Å². The second kappa shape index (κ2) is 5.00. The average molecular weight is 297 g/mol.